The number of nitrogens with one attached hydrogen (secondary N) is 1. The monoisotopic (exact) mass is 326 g/mol. The molecule has 1 aromatic rings. The second-order valence-corrected chi connectivity index (χ2v) is 6.92. The number of rotatable bonds is 6. The molecule has 1 aliphatic rings. The van der Waals surface area contributed by atoms with Gasteiger partial charge in [0, 0.05) is 6.54 Å². The summed E-state index contributed by atoms with van der Waals surface area (Å²) in [7, 11) is -3.89. The van der Waals surface area contributed by atoms with Crippen LogP contribution in [-0.4, -0.2) is 43.1 Å². The number of carbonyl (C=O) groups is 2. The van der Waals surface area contributed by atoms with E-state index in [0.29, 0.717) is 6.42 Å². The highest BCUT2D eigenvalue weighted by molar-refractivity contribution is 7.87. The van der Waals surface area contributed by atoms with Gasteiger partial charge in [0.05, 0.1) is 0 Å². The van der Waals surface area contributed by atoms with Crippen molar-refractivity contribution in [2.75, 3.05) is 12.3 Å². The van der Waals surface area contributed by atoms with Gasteiger partial charge < -0.3 is 9.50 Å². The largest absolute Gasteiger partial charge is 0.382 e. The summed E-state index contributed by atoms with van der Waals surface area (Å²) in [6.45, 7) is 3.15. The van der Waals surface area contributed by atoms with Gasteiger partial charge in [-0.1, -0.05) is 25.1 Å². The van der Waals surface area contributed by atoms with Crippen LogP contribution in [0.4, 0.5) is 4.79 Å². The summed E-state index contributed by atoms with van der Waals surface area (Å²) in [5, 5.41) is 2.57. The van der Waals surface area contributed by atoms with Gasteiger partial charge in [-0.25, -0.2) is 4.79 Å². The first-order valence-corrected chi connectivity index (χ1v) is 8.46. The van der Waals surface area contributed by atoms with Crippen LogP contribution < -0.4 is 9.50 Å². The van der Waals surface area contributed by atoms with Gasteiger partial charge in [-0.15, -0.1) is 0 Å². The number of nitrogens with zero attached hydrogens (tertiary/aromatic N) is 1. The Hall–Kier alpha value is -2.09. The van der Waals surface area contributed by atoms with Gasteiger partial charge in [-0.05, 0) is 25.5 Å². The van der Waals surface area contributed by atoms with Crippen LogP contribution in [0.25, 0.3) is 0 Å². The maximum Gasteiger partial charge on any atom is 0.325 e. The van der Waals surface area contributed by atoms with Crippen molar-refractivity contribution in [3.05, 3.63) is 30.3 Å². The summed E-state index contributed by atoms with van der Waals surface area (Å²) >= 11 is 0. The summed E-state index contributed by atoms with van der Waals surface area (Å²) < 4.78 is 28.7. The van der Waals surface area contributed by atoms with Crippen LogP contribution in [-0.2, 0) is 14.9 Å². The van der Waals surface area contributed by atoms with E-state index >= 15 is 0 Å². The smallest absolute Gasteiger partial charge is 0.325 e. The standard InChI is InChI=1S/C14H18N2O5S/c1-3-14(2)12(17)16(13(18)15-14)9-10-22(19,20)21-11-7-5-4-6-8-11/h4-8H,3,9-10H2,1-2H3,(H,15,18). The topological polar surface area (TPSA) is 92.8 Å². The van der Waals surface area contributed by atoms with Crippen LogP contribution in [0.5, 0.6) is 5.75 Å². The molecule has 0 spiro atoms. The van der Waals surface area contributed by atoms with Crippen LogP contribution in [0.2, 0.25) is 0 Å². The third-order valence-corrected chi connectivity index (χ3v) is 4.71. The van der Waals surface area contributed by atoms with Crippen LogP contribution in [0.1, 0.15) is 20.3 Å². The predicted octanol–water partition coefficient (Wildman–Crippen LogP) is 1.12. The molecular formula is C14H18N2O5S. The summed E-state index contributed by atoms with van der Waals surface area (Å²) in [5.41, 5.74) is -0.971. The fourth-order valence-electron chi connectivity index (χ4n) is 2.06. The summed E-state index contributed by atoms with van der Waals surface area (Å²) in [6, 6.07) is 7.48. The fourth-order valence-corrected chi connectivity index (χ4v) is 2.95. The minimum atomic E-state index is -3.89. The lowest BCUT2D eigenvalue weighted by atomic mass is 10.00. The molecule has 1 aromatic carbocycles. The Morgan fingerprint density at radius 2 is 1.86 bits per heavy atom. The lowest BCUT2D eigenvalue weighted by Crippen LogP contribution is -2.43. The quantitative estimate of drug-likeness (QED) is 0.624. The number of amides is 3. The van der Waals surface area contributed by atoms with Gasteiger partial charge in [0.1, 0.15) is 17.0 Å². The van der Waals surface area contributed by atoms with Crippen molar-refractivity contribution in [3.63, 3.8) is 0 Å². The minimum absolute atomic E-state index is 0.193. The molecule has 1 heterocycles. The van der Waals surface area contributed by atoms with Crippen LogP contribution in [0, 0.1) is 0 Å². The second kappa shape index (κ2) is 5.96. The van der Waals surface area contributed by atoms with E-state index in [2.05, 4.69) is 5.32 Å². The Labute approximate surface area is 129 Å². The molecule has 1 atom stereocenters. The Kier molecular flexibility index (Phi) is 4.41. The van der Waals surface area contributed by atoms with Crippen molar-refractivity contribution in [1.29, 1.82) is 0 Å². The van der Waals surface area contributed by atoms with Crippen molar-refractivity contribution >= 4 is 22.1 Å². The number of benzene rings is 1. The van der Waals surface area contributed by atoms with Crippen LogP contribution >= 0.6 is 0 Å². The molecule has 1 aliphatic heterocycles. The lowest BCUT2D eigenvalue weighted by molar-refractivity contribution is -0.130. The van der Waals surface area contributed by atoms with Gasteiger partial charge in [-0.3, -0.25) is 9.69 Å². The second-order valence-electron chi connectivity index (χ2n) is 5.23. The highest BCUT2D eigenvalue weighted by Gasteiger charge is 2.46. The molecule has 3 amide bonds. The van der Waals surface area contributed by atoms with Crippen molar-refractivity contribution in [3.8, 4) is 5.75 Å². The Bertz CT molecular complexity index is 674. The van der Waals surface area contributed by atoms with E-state index in [0.717, 1.165) is 4.90 Å². The molecule has 1 unspecified atom stereocenters. The molecule has 0 radical (unpaired) electrons. The number of imide groups is 1. The zero-order chi connectivity index (χ0) is 16.4. The SMILES string of the molecule is CCC1(C)NC(=O)N(CCS(=O)(=O)Oc2ccccc2)C1=O. The molecule has 0 saturated carbocycles. The highest BCUT2D eigenvalue weighted by Crippen LogP contribution is 2.21. The maximum absolute atomic E-state index is 12.2. The maximum atomic E-state index is 12.2. The Balaban J connectivity index is 2.00. The van der Waals surface area contributed by atoms with Crippen molar-refractivity contribution in [2.45, 2.75) is 25.8 Å². The number of urea groups is 1. The van der Waals surface area contributed by atoms with Gasteiger partial charge in [0.25, 0.3) is 5.91 Å². The minimum Gasteiger partial charge on any atom is -0.382 e. The number of carbonyl (C=O) groups excluding carboxylic acids is 2. The lowest BCUT2D eigenvalue weighted by Gasteiger charge is -2.19. The molecule has 0 aromatic heterocycles. The summed E-state index contributed by atoms with van der Waals surface area (Å²) in [5.74, 6) is -0.686. The third kappa shape index (κ3) is 3.38. The zero-order valence-corrected chi connectivity index (χ0v) is 13.2. The molecule has 1 fully saturated rings. The molecule has 7 nitrogen and oxygen atoms in total. The molecule has 22 heavy (non-hydrogen) atoms. The molecule has 8 heteroatoms. The van der Waals surface area contributed by atoms with E-state index in [-0.39, 0.29) is 12.3 Å². The van der Waals surface area contributed by atoms with E-state index in [4.69, 9.17) is 4.18 Å². The Morgan fingerprint density at radius 3 is 2.41 bits per heavy atom. The van der Waals surface area contributed by atoms with Gasteiger partial charge in [-0.2, -0.15) is 8.42 Å². The average molecular weight is 326 g/mol. The fraction of sp³-hybridized carbons (Fsp3) is 0.429. The zero-order valence-electron chi connectivity index (χ0n) is 12.4. The highest BCUT2D eigenvalue weighted by atomic mass is 32.2. The van der Waals surface area contributed by atoms with E-state index in [9.17, 15) is 18.0 Å². The molecule has 2 rings (SSSR count). The first-order valence-electron chi connectivity index (χ1n) is 6.89. The van der Waals surface area contributed by atoms with E-state index in [1.807, 2.05) is 0 Å². The first-order chi connectivity index (χ1) is 10.3. The molecule has 120 valence electrons. The number of para-hydroxylation sites is 1. The van der Waals surface area contributed by atoms with E-state index in [1.54, 1.807) is 32.0 Å². The number of hydrogen-bond donors (Lipinski definition) is 1. The van der Waals surface area contributed by atoms with Crippen molar-refractivity contribution < 1.29 is 22.2 Å². The third-order valence-electron chi connectivity index (χ3n) is 3.58. The average Bonchev–Trinajstić information content (AvgIpc) is 2.68. The van der Waals surface area contributed by atoms with E-state index in [1.165, 1.54) is 12.1 Å². The first kappa shape index (κ1) is 16.3. The van der Waals surface area contributed by atoms with Crippen LogP contribution in [0.15, 0.2) is 30.3 Å². The van der Waals surface area contributed by atoms with Crippen molar-refractivity contribution in [2.24, 2.45) is 0 Å². The predicted molar refractivity (Wildman–Crippen MR) is 79.8 cm³/mol. The van der Waals surface area contributed by atoms with Gasteiger partial charge in [0.2, 0.25) is 0 Å². The molecule has 0 bridgehead atoms. The van der Waals surface area contributed by atoms with E-state index < -0.39 is 33.3 Å². The van der Waals surface area contributed by atoms with Crippen molar-refractivity contribution in [1.82, 2.24) is 10.2 Å². The normalized spacial score (nSPS) is 21.8. The summed E-state index contributed by atoms with van der Waals surface area (Å²) in [6.07, 6.45) is 0.432. The van der Waals surface area contributed by atoms with Crippen LogP contribution in [0.3, 0.4) is 0 Å². The van der Waals surface area contributed by atoms with Gasteiger partial charge >= 0.3 is 16.1 Å². The molecule has 1 N–H and O–H groups in total. The number of hydrogen-bond acceptors (Lipinski definition) is 5. The molecule has 1 saturated heterocycles. The molecule has 0 aliphatic carbocycles. The summed E-state index contributed by atoms with van der Waals surface area (Å²) in [4.78, 5) is 24.9. The van der Waals surface area contributed by atoms with Gasteiger partial charge in [0.15, 0.2) is 0 Å². The molecular weight excluding hydrogens is 308 g/mol. The Morgan fingerprint density at radius 1 is 1.23 bits per heavy atom.